The molecule has 0 radical (unpaired) electrons. The molecule has 0 heterocycles. The van der Waals surface area contributed by atoms with Crippen molar-refractivity contribution < 1.29 is 0 Å². The number of hydrogen-bond acceptors (Lipinski definition) is 0. The third kappa shape index (κ3) is 3.69. The minimum atomic E-state index is 1.23. The van der Waals surface area contributed by atoms with Crippen LogP contribution in [0.2, 0.25) is 0 Å². The molecular weight excluding hydrogens is 480 g/mol. The predicted molar refractivity (Wildman–Crippen MR) is 173 cm³/mol. The Labute approximate surface area is 233 Å². The summed E-state index contributed by atoms with van der Waals surface area (Å²) in [7, 11) is 0. The van der Waals surface area contributed by atoms with Gasteiger partial charge in [-0.3, -0.25) is 0 Å². The van der Waals surface area contributed by atoms with Crippen LogP contribution in [0.25, 0.3) is 76.5 Å². The number of fused-ring (bicyclic) bond motifs is 6. The highest BCUT2D eigenvalue weighted by Crippen LogP contribution is 2.36. The summed E-state index contributed by atoms with van der Waals surface area (Å²) in [5, 5.41) is 10.4. The largest absolute Gasteiger partial charge is 0.0616 e. The highest BCUT2D eigenvalue weighted by atomic mass is 14.1. The SMILES string of the molecule is c1ccc2c(c1)ccc1c(-c3ccc(-c4ccc(-c5cccc6c5ccc5ccccc56)cc4)cc3)cccc12. The number of hydrogen-bond donors (Lipinski definition) is 0. The molecular formula is C40H26. The molecule has 0 N–H and O–H groups in total. The lowest BCUT2D eigenvalue weighted by molar-refractivity contribution is 1.60. The Kier molecular flexibility index (Phi) is 5.24. The van der Waals surface area contributed by atoms with Gasteiger partial charge in [-0.2, -0.15) is 0 Å². The van der Waals surface area contributed by atoms with Gasteiger partial charge >= 0.3 is 0 Å². The molecule has 40 heavy (non-hydrogen) atoms. The summed E-state index contributed by atoms with van der Waals surface area (Å²) in [6.45, 7) is 0. The standard InChI is InChI=1S/C40H26/c1-3-9-33-29(7-1)23-25-39-35(11-5-13-37(33)39)31-19-15-27(16-20-31)28-17-21-32(22-18-28)36-12-6-14-38-34-10-4-2-8-30(34)24-26-40(36)38/h1-26H. The molecule has 8 rings (SSSR count). The van der Waals surface area contributed by atoms with Gasteiger partial charge in [0.05, 0.1) is 0 Å². The quantitative estimate of drug-likeness (QED) is 0.209. The van der Waals surface area contributed by atoms with Crippen molar-refractivity contribution in [1.82, 2.24) is 0 Å². The lowest BCUT2D eigenvalue weighted by Crippen LogP contribution is -1.85. The first-order valence-electron chi connectivity index (χ1n) is 13.9. The number of benzene rings is 8. The van der Waals surface area contributed by atoms with Crippen LogP contribution < -0.4 is 0 Å². The summed E-state index contributed by atoms with van der Waals surface area (Å²) >= 11 is 0. The lowest BCUT2D eigenvalue weighted by Gasteiger charge is -2.12. The Hall–Kier alpha value is -5.20. The molecule has 8 aromatic rings. The van der Waals surface area contributed by atoms with E-state index in [9.17, 15) is 0 Å². The Morgan fingerprint density at radius 1 is 0.200 bits per heavy atom. The Morgan fingerprint density at radius 3 is 1.02 bits per heavy atom. The molecule has 0 spiro atoms. The van der Waals surface area contributed by atoms with E-state index in [2.05, 4.69) is 158 Å². The molecule has 0 unspecified atom stereocenters. The van der Waals surface area contributed by atoms with Crippen molar-refractivity contribution in [3.8, 4) is 33.4 Å². The summed E-state index contributed by atoms with van der Waals surface area (Å²) in [5.74, 6) is 0. The first-order chi connectivity index (χ1) is 19.8. The van der Waals surface area contributed by atoms with E-state index in [0.29, 0.717) is 0 Å². The smallest absolute Gasteiger partial charge is 0.00990 e. The average Bonchev–Trinajstić information content (AvgIpc) is 3.04. The highest BCUT2D eigenvalue weighted by molar-refractivity contribution is 6.13. The fourth-order valence-corrected chi connectivity index (χ4v) is 6.27. The van der Waals surface area contributed by atoms with Crippen LogP contribution >= 0.6 is 0 Å². The second-order valence-corrected chi connectivity index (χ2v) is 10.5. The van der Waals surface area contributed by atoms with Gasteiger partial charge in [-0.25, -0.2) is 0 Å². The van der Waals surface area contributed by atoms with Gasteiger partial charge in [0.2, 0.25) is 0 Å². The zero-order valence-electron chi connectivity index (χ0n) is 22.0. The van der Waals surface area contributed by atoms with Crippen molar-refractivity contribution in [1.29, 1.82) is 0 Å². The van der Waals surface area contributed by atoms with Gasteiger partial charge in [-0.05, 0) is 76.5 Å². The third-order valence-electron chi connectivity index (χ3n) is 8.30. The van der Waals surface area contributed by atoms with Crippen LogP contribution in [0, 0.1) is 0 Å². The zero-order chi connectivity index (χ0) is 26.5. The fraction of sp³-hybridized carbons (Fsp3) is 0. The van der Waals surface area contributed by atoms with Crippen LogP contribution in [-0.4, -0.2) is 0 Å². The average molecular weight is 507 g/mol. The van der Waals surface area contributed by atoms with Gasteiger partial charge < -0.3 is 0 Å². The number of rotatable bonds is 3. The molecule has 0 saturated carbocycles. The molecule has 0 amide bonds. The Bertz CT molecular complexity index is 2020. The van der Waals surface area contributed by atoms with Gasteiger partial charge in [0.25, 0.3) is 0 Å². The minimum absolute atomic E-state index is 1.23. The first kappa shape index (κ1) is 22.8. The van der Waals surface area contributed by atoms with Crippen molar-refractivity contribution in [3.05, 3.63) is 158 Å². The van der Waals surface area contributed by atoms with E-state index in [4.69, 9.17) is 0 Å². The van der Waals surface area contributed by atoms with E-state index in [-0.39, 0.29) is 0 Å². The summed E-state index contributed by atoms with van der Waals surface area (Å²) in [5.41, 5.74) is 7.48. The fourth-order valence-electron chi connectivity index (χ4n) is 6.27. The molecule has 0 saturated heterocycles. The van der Waals surface area contributed by atoms with Gasteiger partial charge in [0.1, 0.15) is 0 Å². The summed E-state index contributed by atoms with van der Waals surface area (Å²) < 4.78 is 0. The highest BCUT2D eigenvalue weighted by Gasteiger charge is 2.09. The van der Waals surface area contributed by atoms with Crippen LogP contribution in [0.1, 0.15) is 0 Å². The van der Waals surface area contributed by atoms with E-state index in [1.54, 1.807) is 0 Å². The topological polar surface area (TPSA) is 0 Å². The maximum absolute atomic E-state index is 2.26. The van der Waals surface area contributed by atoms with Crippen molar-refractivity contribution in [3.63, 3.8) is 0 Å². The van der Waals surface area contributed by atoms with Crippen molar-refractivity contribution >= 4 is 43.1 Å². The van der Waals surface area contributed by atoms with Gasteiger partial charge in [0.15, 0.2) is 0 Å². The second-order valence-electron chi connectivity index (χ2n) is 10.5. The molecule has 0 aliphatic rings. The summed E-state index contributed by atoms with van der Waals surface area (Å²) in [6.07, 6.45) is 0. The van der Waals surface area contributed by atoms with E-state index in [1.165, 1.54) is 76.5 Å². The second kappa shape index (κ2) is 9.22. The van der Waals surface area contributed by atoms with E-state index in [0.717, 1.165) is 0 Å². The van der Waals surface area contributed by atoms with Crippen molar-refractivity contribution in [2.75, 3.05) is 0 Å². The molecule has 0 bridgehead atoms. The van der Waals surface area contributed by atoms with Crippen LogP contribution in [0.4, 0.5) is 0 Å². The van der Waals surface area contributed by atoms with Gasteiger partial charge in [-0.15, -0.1) is 0 Å². The Balaban J connectivity index is 1.14. The van der Waals surface area contributed by atoms with Crippen LogP contribution in [-0.2, 0) is 0 Å². The molecule has 0 aromatic heterocycles. The third-order valence-corrected chi connectivity index (χ3v) is 8.30. The van der Waals surface area contributed by atoms with Gasteiger partial charge in [0, 0.05) is 0 Å². The normalized spacial score (nSPS) is 11.5. The Morgan fingerprint density at radius 2 is 0.575 bits per heavy atom. The van der Waals surface area contributed by atoms with Crippen LogP contribution in [0.3, 0.4) is 0 Å². The zero-order valence-corrected chi connectivity index (χ0v) is 22.0. The van der Waals surface area contributed by atoms with Crippen molar-refractivity contribution in [2.24, 2.45) is 0 Å². The van der Waals surface area contributed by atoms with Crippen LogP contribution in [0.5, 0.6) is 0 Å². The van der Waals surface area contributed by atoms with E-state index < -0.39 is 0 Å². The minimum Gasteiger partial charge on any atom is -0.0616 e. The van der Waals surface area contributed by atoms with Gasteiger partial charge in [-0.1, -0.05) is 158 Å². The molecule has 0 heteroatoms. The molecule has 0 fully saturated rings. The lowest BCUT2D eigenvalue weighted by atomic mass is 9.92. The summed E-state index contributed by atoms with van der Waals surface area (Å²) in [6, 6.07) is 57.5. The maximum atomic E-state index is 2.26. The maximum Gasteiger partial charge on any atom is -0.00990 e. The van der Waals surface area contributed by atoms with Crippen molar-refractivity contribution in [2.45, 2.75) is 0 Å². The monoisotopic (exact) mass is 506 g/mol. The molecule has 0 atom stereocenters. The van der Waals surface area contributed by atoms with Crippen LogP contribution in [0.15, 0.2) is 158 Å². The molecule has 0 aliphatic heterocycles. The molecule has 186 valence electrons. The molecule has 0 nitrogen and oxygen atoms in total. The van der Waals surface area contributed by atoms with E-state index >= 15 is 0 Å². The van der Waals surface area contributed by atoms with E-state index in [1.807, 2.05) is 0 Å². The molecule has 0 aliphatic carbocycles. The molecule has 8 aromatic carbocycles. The predicted octanol–water partition coefficient (Wildman–Crippen LogP) is 11.3. The summed E-state index contributed by atoms with van der Waals surface area (Å²) in [4.78, 5) is 0. The first-order valence-corrected chi connectivity index (χ1v) is 13.9.